The van der Waals surface area contributed by atoms with Crippen LogP contribution in [0.25, 0.3) is 11.0 Å². The second kappa shape index (κ2) is 8.21. The summed E-state index contributed by atoms with van der Waals surface area (Å²) < 4.78 is 0. The number of aliphatic imine (C=N–C) groups is 1. The van der Waals surface area contributed by atoms with Gasteiger partial charge in [-0.05, 0) is 50.2 Å². The van der Waals surface area contributed by atoms with Gasteiger partial charge in [0, 0.05) is 23.7 Å². The zero-order valence-corrected chi connectivity index (χ0v) is 15.2. The number of nitrogens with two attached hydrogens (primary N) is 2. The molecule has 1 fully saturated rings. The van der Waals surface area contributed by atoms with Gasteiger partial charge in [-0.2, -0.15) is 0 Å². The first-order valence-electron chi connectivity index (χ1n) is 9.40. The van der Waals surface area contributed by atoms with E-state index in [4.69, 9.17) is 11.5 Å². The third-order valence-electron chi connectivity index (χ3n) is 5.30. The van der Waals surface area contributed by atoms with Crippen molar-refractivity contribution in [2.75, 3.05) is 5.32 Å². The molecule has 1 amide bonds. The van der Waals surface area contributed by atoms with Crippen LogP contribution in [0.3, 0.4) is 0 Å². The summed E-state index contributed by atoms with van der Waals surface area (Å²) in [7, 11) is 0. The van der Waals surface area contributed by atoms with E-state index in [1.807, 2.05) is 18.3 Å². The molecule has 2 aromatic heterocycles. The van der Waals surface area contributed by atoms with Gasteiger partial charge < -0.3 is 21.8 Å². The van der Waals surface area contributed by atoms with E-state index in [1.165, 1.54) is 0 Å². The molecule has 1 aliphatic rings. The standard InChI is InChI=1S/C19H28N6O/c1-2-3-15(25-19(20)21)12-4-6-13(7-5-12)18(26)24-16-9-11-23-17-14(16)8-10-22-17/h8-13,15H,2-7H2,1H3,(H4,20,21,25)(H2,22,23,24,26). The van der Waals surface area contributed by atoms with E-state index in [0.717, 1.165) is 55.2 Å². The van der Waals surface area contributed by atoms with E-state index in [9.17, 15) is 4.79 Å². The van der Waals surface area contributed by atoms with Crippen LogP contribution in [-0.2, 0) is 4.79 Å². The second-order valence-electron chi connectivity index (χ2n) is 7.11. The van der Waals surface area contributed by atoms with Gasteiger partial charge in [-0.25, -0.2) is 4.98 Å². The molecule has 0 saturated heterocycles. The second-order valence-corrected chi connectivity index (χ2v) is 7.11. The zero-order chi connectivity index (χ0) is 18.5. The molecule has 2 aromatic rings. The monoisotopic (exact) mass is 356 g/mol. The van der Waals surface area contributed by atoms with E-state index in [-0.39, 0.29) is 23.8 Å². The number of carbonyl (C=O) groups excluding carboxylic acids is 1. The number of H-pyrrole nitrogens is 1. The number of fused-ring (bicyclic) bond motifs is 1. The average Bonchev–Trinajstić information content (AvgIpc) is 3.11. The Kier molecular flexibility index (Phi) is 5.75. The van der Waals surface area contributed by atoms with E-state index < -0.39 is 0 Å². The predicted molar refractivity (Wildman–Crippen MR) is 105 cm³/mol. The number of rotatable bonds is 6. The predicted octanol–water partition coefficient (Wildman–Crippen LogP) is 2.75. The molecule has 2 heterocycles. The van der Waals surface area contributed by atoms with Crippen molar-refractivity contribution in [3.8, 4) is 0 Å². The van der Waals surface area contributed by atoms with Crippen LogP contribution in [0.2, 0.25) is 0 Å². The third-order valence-corrected chi connectivity index (χ3v) is 5.30. The molecular weight excluding hydrogens is 328 g/mol. The molecule has 0 bridgehead atoms. The zero-order valence-electron chi connectivity index (χ0n) is 15.2. The Morgan fingerprint density at radius 2 is 2.12 bits per heavy atom. The van der Waals surface area contributed by atoms with Gasteiger partial charge in [-0.3, -0.25) is 9.79 Å². The number of hydrogen-bond donors (Lipinski definition) is 4. The van der Waals surface area contributed by atoms with Crippen molar-refractivity contribution in [3.63, 3.8) is 0 Å². The maximum atomic E-state index is 12.7. The molecule has 140 valence electrons. The van der Waals surface area contributed by atoms with Crippen LogP contribution in [-0.4, -0.2) is 27.9 Å². The Balaban J connectivity index is 1.60. The molecule has 1 atom stereocenters. The van der Waals surface area contributed by atoms with E-state index in [2.05, 4.69) is 27.2 Å². The molecule has 26 heavy (non-hydrogen) atoms. The lowest BCUT2D eigenvalue weighted by atomic mass is 9.77. The Labute approximate surface area is 153 Å². The largest absolute Gasteiger partial charge is 0.370 e. The van der Waals surface area contributed by atoms with E-state index in [1.54, 1.807) is 6.20 Å². The number of aromatic nitrogens is 2. The molecule has 7 heteroatoms. The number of carbonyl (C=O) groups is 1. The van der Waals surface area contributed by atoms with Gasteiger partial charge in [-0.15, -0.1) is 0 Å². The van der Waals surface area contributed by atoms with Crippen LogP contribution in [0.5, 0.6) is 0 Å². The van der Waals surface area contributed by atoms with Crippen molar-refractivity contribution < 1.29 is 4.79 Å². The number of nitrogens with one attached hydrogen (secondary N) is 2. The summed E-state index contributed by atoms with van der Waals surface area (Å²) in [6, 6.07) is 3.95. The fourth-order valence-electron chi connectivity index (χ4n) is 3.96. The van der Waals surface area contributed by atoms with Crippen molar-refractivity contribution in [1.82, 2.24) is 9.97 Å². The van der Waals surface area contributed by atoms with Gasteiger partial charge in [0.2, 0.25) is 5.91 Å². The topological polar surface area (TPSA) is 122 Å². The molecule has 1 aliphatic carbocycles. The molecular formula is C19H28N6O. The maximum absolute atomic E-state index is 12.7. The fourth-order valence-corrected chi connectivity index (χ4v) is 3.96. The lowest BCUT2D eigenvalue weighted by Gasteiger charge is -2.31. The number of guanidine groups is 1. The first-order chi connectivity index (χ1) is 12.6. The van der Waals surface area contributed by atoms with Gasteiger partial charge in [0.25, 0.3) is 0 Å². The molecule has 0 spiro atoms. The summed E-state index contributed by atoms with van der Waals surface area (Å²) in [5.74, 6) is 0.746. The van der Waals surface area contributed by atoms with Gasteiger partial charge >= 0.3 is 0 Å². The summed E-state index contributed by atoms with van der Waals surface area (Å²) >= 11 is 0. The molecule has 0 radical (unpaired) electrons. The van der Waals surface area contributed by atoms with Crippen LogP contribution in [0, 0.1) is 11.8 Å². The minimum atomic E-state index is 0.0369. The quantitative estimate of drug-likeness (QED) is 0.469. The molecule has 7 nitrogen and oxygen atoms in total. The normalized spacial score (nSPS) is 21.3. The van der Waals surface area contributed by atoms with Crippen molar-refractivity contribution in [2.24, 2.45) is 28.3 Å². The molecule has 3 rings (SSSR count). The molecule has 0 aromatic carbocycles. The minimum Gasteiger partial charge on any atom is -0.370 e. The fraction of sp³-hybridized carbons (Fsp3) is 0.526. The maximum Gasteiger partial charge on any atom is 0.227 e. The first kappa shape index (κ1) is 18.2. The Hall–Kier alpha value is -2.57. The minimum absolute atomic E-state index is 0.0369. The summed E-state index contributed by atoms with van der Waals surface area (Å²) in [5, 5.41) is 4.01. The van der Waals surface area contributed by atoms with Crippen LogP contribution in [0.1, 0.15) is 45.4 Å². The van der Waals surface area contributed by atoms with Crippen molar-refractivity contribution >= 4 is 28.6 Å². The lowest BCUT2D eigenvalue weighted by molar-refractivity contribution is -0.121. The SMILES string of the molecule is CCCC(N=C(N)N)C1CCC(C(=O)Nc2ccnc3[nH]ccc23)CC1. The highest BCUT2D eigenvalue weighted by Gasteiger charge is 2.30. The first-order valence-corrected chi connectivity index (χ1v) is 9.40. The summed E-state index contributed by atoms with van der Waals surface area (Å²) in [6.07, 6.45) is 9.28. The summed E-state index contributed by atoms with van der Waals surface area (Å²) in [6.45, 7) is 2.14. The van der Waals surface area contributed by atoms with Crippen molar-refractivity contribution in [2.45, 2.75) is 51.5 Å². The Bertz CT molecular complexity index is 771. The smallest absolute Gasteiger partial charge is 0.227 e. The van der Waals surface area contributed by atoms with Crippen LogP contribution >= 0.6 is 0 Å². The van der Waals surface area contributed by atoms with E-state index in [0.29, 0.717) is 5.92 Å². The average molecular weight is 356 g/mol. The van der Waals surface area contributed by atoms with Crippen LogP contribution in [0.4, 0.5) is 5.69 Å². The van der Waals surface area contributed by atoms with Crippen molar-refractivity contribution in [3.05, 3.63) is 24.5 Å². The van der Waals surface area contributed by atoms with Crippen LogP contribution in [0.15, 0.2) is 29.5 Å². The number of nitrogens with zero attached hydrogens (tertiary/aromatic N) is 2. The highest BCUT2D eigenvalue weighted by molar-refractivity contribution is 6.00. The van der Waals surface area contributed by atoms with Crippen LogP contribution < -0.4 is 16.8 Å². The number of anilines is 1. The summed E-state index contributed by atoms with van der Waals surface area (Å²) in [4.78, 5) is 24.4. The van der Waals surface area contributed by atoms with Gasteiger partial charge in [0.05, 0.1) is 11.7 Å². The Morgan fingerprint density at radius 3 is 2.81 bits per heavy atom. The lowest BCUT2D eigenvalue weighted by Crippen LogP contribution is -2.33. The van der Waals surface area contributed by atoms with Gasteiger partial charge in [0.15, 0.2) is 5.96 Å². The summed E-state index contributed by atoms with van der Waals surface area (Å²) in [5.41, 5.74) is 12.8. The number of aromatic amines is 1. The number of hydrogen-bond acceptors (Lipinski definition) is 3. The Morgan fingerprint density at radius 1 is 1.35 bits per heavy atom. The van der Waals surface area contributed by atoms with Gasteiger partial charge in [-0.1, -0.05) is 13.3 Å². The third kappa shape index (κ3) is 4.15. The highest BCUT2D eigenvalue weighted by Crippen LogP contribution is 2.34. The number of amides is 1. The molecule has 1 saturated carbocycles. The van der Waals surface area contributed by atoms with Gasteiger partial charge in [0.1, 0.15) is 5.65 Å². The molecule has 1 unspecified atom stereocenters. The molecule has 6 N–H and O–H groups in total. The highest BCUT2D eigenvalue weighted by atomic mass is 16.1. The number of pyridine rings is 1. The van der Waals surface area contributed by atoms with Crippen molar-refractivity contribution in [1.29, 1.82) is 0 Å². The van der Waals surface area contributed by atoms with E-state index >= 15 is 0 Å². The molecule has 0 aliphatic heterocycles.